The van der Waals surface area contributed by atoms with Gasteiger partial charge < -0.3 is 14.8 Å². The van der Waals surface area contributed by atoms with Crippen LogP contribution in [0.2, 0.25) is 0 Å². The molecule has 1 unspecified atom stereocenters. The van der Waals surface area contributed by atoms with Crippen LogP contribution < -0.4 is 10.1 Å². The topological polar surface area (TPSA) is 30.5 Å². The van der Waals surface area contributed by atoms with Gasteiger partial charge in [0.1, 0.15) is 11.5 Å². The van der Waals surface area contributed by atoms with E-state index in [0.717, 1.165) is 43.1 Å². The molecule has 104 valence electrons. The zero-order valence-electron chi connectivity index (χ0n) is 12.0. The lowest BCUT2D eigenvalue weighted by Gasteiger charge is -2.22. The predicted octanol–water partition coefficient (Wildman–Crippen LogP) is 3.35. The minimum Gasteiger partial charge on any atom is -0.496 e. The molecule has 0 saturated heterocycles. The number of hydrogen-bond acceptors (Lipinski definition) is 3. The molecule has 0 amide bonds. The van der Waals surface area contributed by atoms with Gasteiger partial charge in [0, 0.05) is 12.0 Å². The molecule has 1 heterocycles. The molecule has 1 aromatic carbocycles. The van der Waals surface area contributed by atoms with E-state index in [2.05, 4.69) is 37.4 Å². The molecule has 0 fully saturated rings. The summed E-state index contributed by atoms with van der Waals surface area (Å²) in [6.07, 6.45) is 4.26. The molecule has 1 atom stereocenters. The van der Waals surface area contributed by atoms with Crippen molar-refractivity contribution in [3.8, 4) is 5.75 Å². The molecule has 2 rings (SSSR count). The maximum Gasteiger partial charge on any atom is 0.124 e. The minimum absolute atomic E-state index is 0.0947. The summed E-state index contributed by atoms with van der Waals surface area (Å²) in [6, 6.07) is 6.37. The van der Waals surface area contributed by atoms with E-state index in [0.29, 0.717) is 0 Å². The maximum absolute atomic E-state index is 5.75. The Kier molecular flexibility index (Phi) is 4.86. The number of hydrogen-bond donors (Lipinski definition) is 1. The lowest BCUT2D eigenvalue weighted by Crippen LogP contribution is -2.24. The van der Waals surface area contributed by atoms with Crippen LogP contribution in [0.5, 0.6) is 5.75 Å². The molecule has 19 heavy (non-hydrogen) atoms. The third kappa shape index (κ3) is 3.29. The van der Waals surface area contributed by atoms with Crippen molar-refractivity contribution in [2.45, 2.75) is 32.7 Å². The van der Waals surface area contributed by atoms with Crippen molar-refractivity contribution < 1.29 is 9.47 Å². The average molecular weight is 261 g/mol. The molecule has 1 aliphatic heterocycles. The Balaban J connectivity index is 2.33. The van der Waals surface area contributed by atoms with Crippen molar-refractivity contribution in [2.75, 3.05) is 20.3 Å². The standard InChI is InChI=1S/C16H23NO2/c1-4-9-17-16(15-6-5-10-19-15)13-11-12(2)7-8-14(13)18-3/h6-8,11,16-17H,4-5,9-10H2,1-3H3. The molecule has 1 N–H and O–H groups in total. The van der Waals surface area contributed by atoms with Gasteiger partial charge in [-0.2, -0.15) is 0 Å². The third-order valence-corrected chi connectivity index (χ3v) is 3.31. The molecule has 0 aromatic heterocycles. The number of rotatable bonds is 6. The predicted molar refractivity (Wildman–Crippen MR) is 77.4 cm³/mol. The fraction of sp³-hybridized carbons (Fsp3) is 0.500. The normalized spacial score (nSPS) is 15.8. The zero-order valence-corrected chi connectivity index (χ0v) is 12.0. The van der Waals surface area contributed by atoms with Gasteiger partial charge in [-0.25, -0.2) is 0 Å². The third-order valence-electron chi connectivity index (χ3n) is 3.31. The van der Waals surface area contributed by atoms with Gasteiger partial charge in [-0.05, 0) is 32.0 Å². The van der Waals surface area contributed by atoms with Crippen LogP contribution >= 0.6 is 0 Å². The maximum atomic E-state index is 5.75. The Bertz CT molecular complexity index is 454. The molecule has 3 heteroatoms. The molecule has 0 radical (unpaired) electrons. The highest BCUT2D eigenvalue weighted by molar-refractivity contribution is 5.42. The van der Waals surface area contributed by atoms with E-state index < -0.39 is 0 Å². The monoisotopic (exact) mass is 261 g/mol. The van der Waals surface area contributed by atoms with E-state index >= 15 is 0 Å². The second-order valence-electron chi connectivity index (χ2n) is 4.88. The van der Waals surface area contributed by atoms with Crippen LogP contribution in [0, 0.1) is 6.92 Å². The quantitative estimate of drug-likeness (QED) is 0.852. The zero-order chi connectivity index (χ0) is 13.7. The lowest BCUT2D eigenvalue weighted by molar-refractivity contribution is 0.214. The molecule has 1 aromatic rings. The van der Waals surface area contributed by atoms with Crippen LogP contribution in [0.1, 0.15) is 36.9 Å². The Morgan fingerprint density at radius 3 is 2.89 bits per heavy atom. The summed E-state index contributed by atoms with van der Waals surface area (Å²) in [5.41, 5.74) is 2.39. The summed E-state index contributed by atoms with van der Waals surface area (Å²) in [5, 5.41) is 3.56. The number of ether oxygens (including phenoxy) is 2. The summed E-state index contributed by atoms with van der Waals surface area (Å²) < 4.78 is 11.2. The largest absolute Gasteiger partial charge is 0.496 e. The van der Waals surface area contributed by atoms with Crippen LogP contribution in [0.25, 0.3) is 0 Å². The summed E-state index contributed by atoms with van der Waals surface area (Å²) in [7, 11) is 1.72. The Morgan fingerprint density at radius 1 is 1.42 bits per heavy atom. The number of benzene rings is 1. The van der Waals surface area contributed by atoms with Gasteiger partial charge in [0.05, 0.1) is 19.8 Å². The summed E-state index contributed by atoms with van der Waals surface area (Å²) >= 11 is 0. The first-order valence-electron chi connectivity index (χ1n) is 6.97. The Labute approximate surface area is 115 Å². The minimum atomic E-state index is 0.0947. The van der Waals surface area contributed by atoms with Gasteiger partial charge in [-0.3, -0.25) is 0 Å². The lowest BCUT2D eigenvalue weighted by atomic mass is 10.0. The Morgan fingerprint density at radius 2 is 2.26 bits per heavy atom. The number of methoxy groups -OCH3 is 1. The average Bonchev–Trinajstić information content (AvgIpc) is 2.93. The first-order chi connectivity index (χ1) is 9.26. The fourth-order valence-electron chi connectivity index (χ4n) is 2.37. The molecular formula is C16H23NO2. The van der Waals surface area contributed by atoms with Crippen molar-refractivity contribution in [1.82, 2.24) is 5.32 Å². The van der Waals surface area contributed by atoms with Crippen molar-refractivity contribution in [2.24, 2.45) is 0 Å². The number of aryl methyl sites for hydroxylation is 1. The highest BCUT2D eigenvalue weighted by Gasteiger charge is 2.23. The van der Waals surface area contributed by atoms with E-state index in [4.69, 9.17) is 9.47 Å². The fourth-order valence-corrected chi connectivity index (χ4v) is 2.37. The van der Waals surface area contributed by atoms with Crippen LogP contribution in [-0.4, -0.2) is 20.3 Å². The van der Waals surface area contributed by atoms with E-state index in [1.165, 1.54) is 5.56 Å². The first-order valence-corrected chi connectivity index (χ1v) is 6.97. The van der Waals surface area contributed by atoms with Gasteiger partial charge in [0.15, 0.2) is 0 Å². The highest BCUT2D eigenvalue weighted by Crippen LogP contribution is 2.33. The van der Waals surface area contributed by atoms with Crippen LogP contribution in [0.15, 0.2) is 30.0 Å². The molecule has 3 nitrogen and oxygen atoms in total. The summed E-state index contributed by atoms with van der Waals surface area (Å²) in [5.74, 6) is 1.94. The second-order valence-corrected chi connectivity index (χ2v) is 4.88. The molecular weight excluding hydrogens is 238 g/mol. The Hall–Kier alpha value is -1.48. The first kappa shape index (κ1) is 13.9. The van der Waals surface area contributed by atoms with Crippen molar-refractivity contribution >= 4 is 0 Å². The van der Waals surface area contributed by atoms with Crippen molar-refractivity contribution in [3.63, 3.8) is 0 Å². The smallest absolute Gasteiger partial charge is 0.124 e. The summed E-state index contributed by atoms with van der Waals surface area (Å²) in [6.45, 7) is 6.02. The van der Waals surface area contributed by atoms with E-state index in [1.54, 1.807) is 7.11 Å². The highest BCUT2D eigenvalue weighted by atomic mass is 16.5. The van der Waals surface area contributed by atoms with Crippen molar-refractivity contribution in [1.29, 1.82) is 0 Å². The van der Waals surface area contributed by atoms with Crippen LogP contribution in [0.4, 0.5) is 0 Å². The van der Waals surface area contributed by atoms with Crippen molar-refractivity contribution in [3.05, 3.63) is 41.2 Å². The molecule has 0 spiro atoms. The second kappa shape index (κ2) is 6.62. The number of nitrogens with one attached hydrogen (secondary N) is 1. The van der Waals surface area contributed by atoms with Gasteiger partial charge >= 0.3 is 0 Å². The van der Waals surface area contributed by atoms with Crippen LogP contribution in [-0.2, 0) is 4.74 Å². The van der Waals surface area contributed by atoms with Gasteiger partial charge in [-0.15, -0.1) is 0 Å². The molecule has 0 aliphatic carbocycles. The van der Waals surface area contributed by atoms with E-state index in [-0.39, 0.29) is 6.04 Å². The SMILES string of the molecule is CCCNC(C1=CCCO1)c1cc(C)ccc1OC. The summed E-state index contributed by atoms with van der Waals surface area (Å²) in [4.78, 5) is 0. The van der Waals surface area contributed by atoms with Crippen LogP contribution in [0.3, 0.4) is 0 Å². The molecule has 0 bridgehead atoms. The van der Waals surface area contributed by atoms with Gasteiger partial charge in [0.25, 0.3) is 0 Å². The van der Waals surface area contributed by atoms with E-state index in [1.807, 2.05) is 6.07 Å². The van der Waals surface area contributed by atoms with Gasteiger partial charge in [0.2, 0.25) is 0 Å². The molecule has 1 aliphatic rings. The van der Waals surface area contributed by atoms with E-state index in [9.17, 15) is 0 Å². The molecule has 0 saturated carbocycles. The van der Waals surface area contributed by atoms with Gasteiger partial charge in [-0.1, -0.05) is 24.6 Å².